The van der Waals surface area contributed by atoms with Crippen molar-refractivity contribution in [3.05, 3.63) is 35.9 Å². The zero-order chi connectivity index (χ0) is 14.4. The summed E-state index contributed by atoms with van der Waals surface area (Å²) in [6, 6.07) is 10.0. The van der Waals surface area contributed by atoms with Crippen LogP contribution in [-0.4, -0.2) is 29.4 Å². The van der Waals surface area contributed by atoms with E-state index in [9.17, 15) is 4.79 Å². The van der Waals surface area contributed by atoms with Crippen LogP contribution >= 0.6 is 22.6 Å². The molecule has 110 valence electrons. The van der Waals surface area contributed by atoms with Gasteiger partial charge in [-0.1, -0.05) is 59.8 Å². The lowest BCUT2D eigenvalue weighted by Gasteiger charge is -2.34. The van der Waals surface area contributed by atoms with Crippen LogP contribution in [0.5, 0.6) is 0 Å². The molecule has 1 aromatic rings. The molecule has 1 aliphatic heterocycles. The number of halogens is 1. The van der Waals surface area contributed by atoms with E-state index in [0.717, 1.165) is 9.99 Å². The summed E-state index contributed by atoms with van der Waals surface area (Å²) in [7, 11) is 0. The molecule has 0 unspecified atom stereocenters. The van der Waals surface area contributed by atoms with Crippen molar-refractivity contribution < 1.29 is 19.0 Å². The van der Waals surface area contributed by atoms with Gasteiger partial charge in [0.25, 0.3) is 0 Å². The van der Waals surface area contributed by atoms with Crippen LogP contribution in [0, 0.1) is 5.92 Å². The molecule has 0 aromatic heterocycles. The van der Waals surface area contributed by atoms with Crippen molar-refractivity contribution in [1.29, 1.82) is 0 Å². The van der Waals surface area contributed by atoms with Gasteiger partial charge in [0.2, 0.25) is 0 Å². The lowest BCUT2D eigenvalue weighted by atomic mass is 9.96. The van der Waals surface area contributed by atoms with E-state index in [2.05, 4.69) is 29.5 Å². The van der Waals surface area contributed by atoms with Gasteiger partial charge in [-0.2, -0.15) is 0 Å². The van der Waals surface area contributed by atoms with Crippen LogP contribution in [0.4, 0.5) is 4.79 Å². The van der Waals surface area contributed by atoms with E-state index >= 15 is 0 Å². The Morgan fingerprint density at radius 3 is 2.60 bits per heavy atom. The van der Waals surface area contributed by atoms with Gasteiger partial charge in [0.15, 0.2) is 0 Å². The van der Waals surface area contributed by atoms with E-state index < -0.39 is 6.16 Å². The quantitative estimate of drug-likeness (QED) is 0.323. The molecule has 5 heteroatoms. The van der Waals surface area contributed by atoms with E-state index in [4.69, 9.17) is 14.2 Å². The highest BCUT2D eigenvalue weighted by molar-refractivity contribution is 14.1. The molecule has 0 spiro atoms. The summed E-state index contributed by atoms with van der Waals surface area (Å²) in [5, 5.41) is 0. The lowest BCUT2D eigenvalue weighted by Crippen LogP contribution is -2.43. The van der Waals surface area contributed by atoms with Crippen molar-refractivity contribution in [2.45, 2.75) is 32.2 Å². The van der Waals surface area contributed by atoms with Gasteiger partial charge < -0.3 is 14.2 Å². The first-order valence-electron chi connectivity index (χ1n) is 6.75. The number of hydrogen-bond acceptors (Lipinski definition) is 4. The number of rotatable bonds is 6. The number of alkyl halides is 1. The third-order valence-corrected chi connectivity index (χ3v) is 4.35. The summed E-state index contributed by atoms with van der Waals surface area (Å²) in [5.74, 6) is 0.199. The highest BCUT2D eigenvalue weighted by Gasteiger charge is 2.36. The number of benzene rings is 1. The Morgan fingerprint density at radius 1 is 1.20 bits per heavy atom. The summed E-state index contributed by atoms with van der Waals surface area (Å²) in [4.78, 5) is 11.4. The smallest absolute Gasteiger partial charge is 0.430 e. The second-order valence-corrected chi connectivity index (χ2v) is 5.78. The van der Waals surface area contributed by atoms with Crippen molar-refractivity contribution in [2.24, 2.45) is 5.92 Å². The van der Waals surface area contributed by atoms with Crippen molar-refractivity contribution in [1.82, 2.24) is 0 Å². The summed E-state index contributed by atoms with van der Waals surface area (Å²) < 4.78 is 16.8. The first kappa shape index (κ1) is 15.6. The molecule has 0 radical (unpaired) electrons. The molecule has 2 rings (SSSR count). The number of carbonyl (C=O) groups is 1. The first-order chi connectivity index (χ1) is 9.70. The third kappa shape index (κ3) is 4.34. The Balaban J connectivity index is 1.74. The van der Waals surface area contributed by atoms with Gasteiger partial charge in [-0.05, 0) is 5.56 Å². The van der Waals surface area contributed by atoms with Crippen LogP contribution < -0.4 is 0 Å². The summed E-state index contributed by atoms with van der Waals surface area (Å²) >= 11 is 2.23. The van der Waals surface area contributed by atoms with E-state index in [1.54, 1.807) is 0 Å². The van der Waals surface area contributed by atoms with Gasteiger partial charge in [0.05, 0.1) is 13.2 Å². The predicted molar refractivity (Wildman–Crippen MR) is 83.9 cm³/mol. The normalized spacial score (nSPS) is 25.9. The molecule has 1 aromatic carbocycles. The highest BCUT2D eigenvalue weighted by Crippen LogP contribution is 2.25. The summed E-state index contributed by atoms with van der Waals surface area (Å²) in [6.07, 6.45) is -0.0310. The van der Waals surface area contributed by atoms with Crippen molar-refractivity contribution in [2.75, 3.05) is 11.0 Å². The Labute approximate surface area is 132 Å². The fraction of sp³-hybridized carbons (Fsp3) is 0.533. The average Bonchev–Trinajstić information content (AvgIpc) is 2.47. The number of carbonyl (C=O) groups excluding carboxylic acids is 1. The topological polar surface area (TPSA) is 44.8 Å². The standard InChI is InChI=1S/C15H19IO4/c1-11-13(19-15(17)20-14(11)9-16)7-8-18-10-12-5-3-2-4-6-12/h2-6,11,13-14H,7-10H2,1H3/t11-,13+,14-/m0/s1. The molecule has 0 aliphatic carbocycles. The van der Waals surface area contributed by atoms with Gasteiger partial charge >= 0.3 is 6.16 Å². The number of cyclic esters (lactones) is 2. The van der Waals surface area contributed by atoms with Gasteiger partial charge in [0, 0.05) is 16.8 Å². The largest absolute Gasteiger partial charge is 0.508 e. The highest BCUT2D eigenvalue weighted by atomic mass is 127. The van der Waals surface area contributed by atoms with Gasteiger partial charge in [0.1, 0.15) is 12.2 Å². The summed E-state index contributed by atoms with van der Waals surface area (Å²) in [6.45, 7) is 3.21. The molecule has 1 saturated heterocycles. The van der Waals surface area contributed by atoms with Gasteiger partial charge in [-0.25, -0.2) is 4.79 Å². The van der Waals surface area contributed by atoms with E-state index in [0.29, 0.717) is 19.6 Å². The van der Waals surface area contributed by atoms with Crippen molar-refractivity contribution in [3.63, 3.8) is 0 Å². The zero-order valence-electron chi connectivity index (χ0n) is 11.5. The molecule has 0 bridgehead atoms. The second-order valence-electron chi connectivity index (χ2n) is 4.90. The van der Waals surface area contributed by atoms with Crippen LogP contribution in [0.25, 0.3) is 0 Å². The zero-order valence-corrected chi connectivity index (χ0v) is 13.6. The van der Waals surface area contributed by atoms with E-state index in [1.807, 2.05) is 30.3 Å². The minimum Gasteiger partial charge on any atom is -0.430 e. The van der Waals surface area contributed by atoms with Crippen molar-refractivity contribution >= 4 is 28.7 Å². The minimum absolute atomic E-state index is 0.0593. The lowest BCUT2D eigenvalue weighted by molar-refractivity contribution is -0.0940. The minimum atomic E-state index is -0.558. The third-order valence-electron chi connectivity index (χ3n) is 3.48. The number of hydrogen-bond donors (Lipinski definition) is 0. The Bertz CT molecular complexity index is 423. The number of ether oxygens (including phenoxy) is 3. The molecule has 1 aliphatic rings. The molecule has 3 atom stereocenters. The van der Waals surface area contributed by atoms with Crippen LogP contribution in [0.2, 0.25) is 0 Å². The molecule has 0 amide bonds. The summed E-state index contributed by atoms with van der Waals surface area (Å²) in [5.41, 5.74) is 1.15. The van der Waals surface area contributed by atoms with Crippen LogP contribution in [0.3, 0.4) is 0 Å². The van der Waals surface area contributed by atoms with Gasteiger partial charge in [-0.15, -0.1) is 0 Å². The van der Waals surface area contributed by atoms with Crippen LogP contribution in [0.15, 0.2) is 30.3 Å². The van der Waals surface area contributed by atoms with Gasteiger partial charge in [-0.3, -0.25) is 0 Å². The fourth-order valence-electron chi connectivity index (χ4n) is 2.19. The Morgan fingerprint density at radius 2 is 1.90 bits per heavy atom. The van der Waals surface area contributed by atoms with Crippen molar-refractivity contribution in [3.8, 4) is 0 Å². The molecular weight excluding hydrogens is 371 g/mol. The second kappa shape index (κ2) is 7.83. The maximum absolute atomic E-state index is 11.4. The maximum atomic E-state index is 11.4. The molecule has 1 heterocycles. The molecule has 0 saturated carbocycles. The molecular formula is C15H19IO4. The average molecular weight is 390 g/mol. The maximum Gasteiger partial charge on any atom is 0.508 e. The van der Waals surface area contributed by atoms with E-state index in [1.165, 1.54) is 0 Å². The first-order valence-corrected chi connectivity index (χ1v) is 8.28. The molecule has 0 N–H and O–H groups in total. The monoisotopic (exact) mass is 390 g/mol. The van der Waals surface area contributed by atoms with E-state index in [-0.39, 0.29) is 18.1 Å². The molecule has 20 heavy (non-hydrogen) atoms. The SMILES string of the molecule is C[C@@H]1[C@H](CI)OC(=O)O[C@@H]1CCOCc1ccccc1. The fourth-order valence-corrected chi connectivity index (χ4v) is 3.17. The van der Waals surface area contributed by atoms with Crippen LogP contribution in [0.1, 0.15) is 18.9 Å². The van der Waals surface area contributed by atoms with Crippen LogP contribution in [-0.2, 0) is 20.8 Å². The predicted octanol–water partition coefficient (Wildman–Crippen LogP) is 3.57. The molecule has 1 fully saturated rings. The Kier molecular flexibility index (Phi) is 6.09. The Hall–Kier alpha value is -0.820. The molecule has 4 nitrogen and oxygen atoms in total.